The van der Waals surface area contributed by atoms with Gasteiger partial charge < -0.3 is 0 Å². The Morgan fingerprint density at radius 3 is 2.12 bits per heavy atom. The minimum absolute atomic E-state index is 0.425. The lowest BCUT2D eigenvalue weighted by Crippen LogP contribution is -2.00. The van der Waals surface area contributed by atoms with E-state index < -0.39 is 0 Å². The average Bonchev–Trinajstić information content (AvgIpc) is 2.34. The number of hydrogen-bond acceptors (Lipinski definition) is 2. The molecule has 88 valence electrons. The van der Waals surface area contributed by atoms with Crippen molar-refractivity contribution in [1.82, 2.24) is 9.97 Å². The van der Waals surface area contributed by atoms with Gasteiger partial charge in [0.1, 0.15) is 16.1 Å². The normalized spacial score (nSPS) is 10.5. The Morgan fingerprint density at radius 1 is 0.941 bits per heavy atom. The van der Waals surface area contributed by atoms with Gasteiger partial charge in [0, 0.05) is 6.42 Å². The third-order valence-corrected chi connectivity index (χ3v) is 4.50. The second-order valence-corrected chi connectivity index (χ2v) is 5.32. The van der Waals surface area contributed by atoms with E-state index in [0.29, 0.717) is 19.7 Å². The maximum absolute atomic E-state index is 5.96. The summed E-state index contributed by atoms with van der Waals surface area (Å²) in [6, 6.07) is 10.2. The van der Waals surface area contributed by atoms with Gasteiger partial charge in [0.15, 0.2) is 0 Å². The lowest BCUT2D eigenvalue weighted by Gasteiger charge is -2.04. The van der Waals surface area contributed by atoms with Crippen LogP contribution in [0.4, 0.5) is 0 Å². The van der Waals surface area contributed by atoms with E-state index in [2.05, 4.69) is 22.1 Å². The molecule has 1 aromatic carbocycles. The molecule has 1 aromatic heterocycles. The predicted octanol–water partition coefficient (Wildman–Crippen LogP) is 4.17. The highest BCUT2D eigenvalue weighted by molar-refractivity contribution is 14.1. The van der Waals surface area contributed by atoms with Gasteiger partial charge in [-0.25, -0.2) is 9.97 Å². The van der Waals surface area contributed by atoms with Crippen LogP contribution in [-0.4, -0.2) is 9.97 Å². The molecule has 0 spiro atoms. The van der Waals surface area contributed by atoms with Gasteiger partial charge in [0.25, 0.3) is 0 Å². The van der Waals surface area contributed by atoms with E-state index >= 15 is 0 Å². The summed E-state index contributed by atoms with van der Waals surface area (Å²) >= 11 is 14.0. The first-order valence-electron chi connectivity index (χ1n) is 5.08. The lowest BCUT2D eigenvalue weighted by molar-refractivity contribution is 0.855. The molecule has 0 aliphatic rings. The molecule has 0 bridgehead atoms. The van der Waals surface area contributed by atoms with Crippen LogP contribution in [0.15, 0.2) is 30.3 Å². The van der Waals surface area contributed by atoms with Gasteiger partial charge in [-0.3, -0.25) is 0 Å². The smallest absolute Gasteiger partial charge is 0.147 e. The minimum atomic E-state index is 0.425. The fourth-order valence-electron chi connectivity index (χ4n) is 1.45. The molecule has 2 rings (SSSR count). The third-order valence-electron chi connectivity index (χ3n) is 2.30. The van der Waals surface area contributed by atoms with Crippen LogP contribution in [0.5, 0.6) is 0 Å². The number of aryl methyl sites for hydroxylation is 2. The number of benzene rings is 1. The number of hydrogen-bond donors (Lipinski definition) is 0. The summed E-state index contributed by atoms with van der Waals surface area (Å²) in [6.07, 6.45) is 1.62. The summed E-state index contributed by atoms with van der Waals surface area (Å²) in [4.78, 5) is 8.42. The van der Waals surface area contributed by atoms with Crippen molar-refractivity contribution in [2.75, 3.05) is 0 Å². The predicted molar refractivity (Wildman–Crippen MR) is 78.6 cm³/mol. The summed E-state index contributed by atoms with van der Waals surface area (Å²) < 4.78 is 0.703. The Balaban J connectivity index is 2.10. The van der Waals surface area contributed by atoms with E-state index in [1.54, 1.807) is 0 Å². The van der Waals surface area contributed by atoms with Crippen molar-refractivity contribution in [3.05, 3.63) is 55.6 Å². The fraction of sp³-hybridized carbons (Fsp3) is 0.167. The Morgan fingerprint density at radius 2 is 1.53 bits per heavy atom. The average molecular weight is 379 g/mol. The van der Waals surface area contributed by atoms with Crippen molar-refractivity contribution in [2.45, 2.75) is 12.8 Å². The first-order valence-corrected chi connectivity index (χ1v) is 6.91. The molecular formula is C12H9Cl2IN2. The monoisotopic (exact) mass is 378 g/mol. The summed E-state index contributed by atoms with van der Waals surface area (Å²) in [5.74, 6) is 0.685. The molecule has 0 N–H and O–H groups in total. The molecule has 1 heterocycles. The summed E-state index contributed by atoms with van der Waals surface area (Å²) in [5.41, 5.74) is 1.25. The van der Waals surface area contributed by atoms with Gasteiger partial charge in [-0.2, -0.15) is 0 Å². The fourth-order valence-corrected chi connectivity index (χ4v) is 2.11. The van der Waals surface area contributed by atoms with E-state index in [9.17, 15) is 0 Å². The van der Waals surface area contributed by atoms with Crippen LogP contribution in [-0.2, 0) is 12.8 Å². The zero-order chi connectivity index (χ0) is 12.3. The van der Waals surface area contributed by atoms with Gasteiger partial charge in [0.05, 0.1) is 3.57 Å². The molecule has 2 nitrogen and oxygen atoms in total. The molecule has 0 radical (unpaired) electrons. The van der Waals surface area contributed by atoms with Crippen molar-refractivity contribution >= 4 is 45.8 Å². The van der Waals surface area contributed by atoms with E-state index in [-0.39, 0.29) is 0 Å². The van der Waals surface area contributed by atoms with Gasteiger partial charge in [0.2, 0.25) is 0 Å². The highest BCUT2D eigenvalue weighted by atomic mass is 127. The lowest BCUT2D eigenvalue weighted by atomic mass is 10.1. The molecule has 0 fully saturated rings. The molecule has 0 aliphatic carbocycles. The molecule has 17 heavy (non-hydrogen) atoms. The summed E-state index contributed by atoms with van der Waals surface area (Å²) in [5, 5.41) is 0.849. The molecule has 0 saturated carbocycles. The maximum Gasteiger partial charge on any atom is 0.147 e. The van der Waals surface area contributed by atoms with Crippen LogP contribution in [0.3, 0.4) is 0 Å². The Hall–Kier alpha value is -0.390. The Bertz CT molecular complexity index is 494. The van der Waals surface area contributed by atoms with Gasteiger partial charge in [-0.05, 0) is 34.6 Å². The van der Waals surface area contributed by atoms with Crippen LogP contribution in [0.25, 0.3) is 0 Å². The van der Waals surface area contributed by atoms with Gasteiger partial charge in [-0.15, -0.1) is 0 Å². The molecule has 5 heteroatoms. The van der Waals surface area contributed by atoms with E-state index in [0.717, 1.165) is 12.8 Å². The quantitative estimate of drug-likeness (QED) is 0.591. The summed E-state index contributed by atoms with van der Waals surface area (Å²) in [7, 11) is 0. The second-order valence-electron chi connectivity index (χ2n) is 3.52. The zero-order valence-corrected chi connectivity index (χ0v) is 12.5. The SMILES string of the molecule is Clc1nc(CCc2ccccc2)nc(Cl)c1I. The van der Waals surface area contributed by atoms with Crippen LogP contribution >= 0.6 is 45.8 Å². The Kier molecular flexibility index (Phi) is 4.59. The maximum atomic E-state index is 5.96. The first-order chi connectivity index (χ1) is 8.16. The topological polar surface area (TPSA) is 25.8 Å². The molecule has 0 saturated heterocycles. The van der Waals surface area contributed by atoms with E-state index in [1.807, 2.05) is 40.8 Å². The molecule has 0 amide bonds. The van der Waals surface area contributed by atoms with Crippen LogP contribution in [0, 0.1) is 3.57 Å². The zero-order valence-electron chi connectivity index (χ0n) is 8.83. The minimum Gasteiger partial charge on any atom is -0.220 e. The largest absolute Gasteiger partial charge is 0.220 e. The molecule has 0 aliphatic heterocycles. The standard InChI is InChI=1S/C12H9Cl2IN2/c13-11-10(15)12(14)17-9(16-11)7-6-8-4-2-1-3-5-8/h1-5H,6-7H2. The van der Waals surface area contributed by atoms with Gasteiger partial charge in [-0.1, -0.05) is 53.5 Å². The third kappa shape index (κ3) is 3.53. The van der Waals surface area contributed by atoms with E-state index in [4.69, 9.17) is 23.2 Å². The first kappa shape index (κ1) is 13.1. The van der Waals surface area contributed by atoms with Crippen molar-refractivity contribution < 1.29 is 0 Å². The molecular weight excluding hydrogens is 370 g/mol. The highest BCUT2D eigenvalue weighted by Crippen LogP contribution is 2.23. The summed E-state index contributed by atoms with van der Waals surface area (Å²) in [6.45, 7) is 0. The highest BCUT2D eigenvalue weighted by Gasteiger charge is 2.08. The van der Waals surface area contributed by atoms with Crippen LogP contribution < -0.4 is 0 Å². The van der Waals surface area contributed by atoms with Crippen molar-refractivity contribution in [1.29, 1.82) is 0 Å². The molecule has 0 unspecified atom stereocenters. The van der Waals surface area contributed by atoms with Crippen molar-refractivity contribution in [3.8, 4) is 0 Å². The molecule has 0 atom stereocenters. The number of rotatable bonds is 3. The number of halogens is 3. The molecule has 2 aromatic rings. The van der Waals surface area contributed by atoms with Crippen LogP contribution in [0.1, 0.15) is 11.4 Å². The number of nitrogens with zero attached hydrogens (tertiary/aromatic N) is 2. The van der Waals surface area contributed by atoms with Crippen LogP contribution in [0.2, 0.25) is 10.3 Å². The van der Waals surface area contributed by atoms with Gasteiger partial charge >= 0.3 is 0 Å². The Labute approximate surface area is 124 Å². The van der Waals surface area contributed by atoms with E-state index in [1.165, 1.54) is 5.56 Å². The van der Waals surface area contributed by atoms with Crippen molar-refractivity contribution in [2.24, 2.45) is 0 Å². The van der Waals surface area contributed by atoms with Crippen molar-refractivity contribution in [3.63, 3.8) is 0 Å². The number of aromatic nitrogens is 2. The second kappa shape index (κ2) is 5.98.